The van der Waals surface area contributed by atoms with Gasteiger partial charge in [0.1, 0.15) is 11.5 Å². The molecule has 11 heterocycles. The number of ether oxygens (including phenoxy) is 2. The van der Waals surface area contributed by atoms with Gasteiger partial charge in [0.05, 0.1) is 33.3 Å². The van der Waals surface area contributed by atoms with Gasteiger partial charge in [0, 0.05) is 102 Å². The van der Waals surface area contributed by atoms with E-state index in [1.165, 1.54) is 11.3 Å². The van der Waals surface area contributed by atoms with Gasteiger partial charge < -0.3 is 34.2 Å². The summed E-state index contributed by atoms with van der Waals surface area (Å²) < 4.78 is 11.7. The molecule has 19 aromatic rings. The van der Waals surface area contributed by atoms with Crippen LogP contribution >= 0.6 is 11.3 Å². The van der Waals surface area contributed by atoms with Crippen molar-refractivity contribution in [3.63, 3.8) is 0 Å². The van der Waals surface area contributed by atoms with E-state index in [-0.39, 0.29) is 95.8 Å². The summed E-state index contributed by atoms with van der Waals surface area (Å²) in [5.74, 6) is 2.09. The number of carbonyl (C=O) groups excluding carboxylic acids is 1. The van der Waals surface area contributed by atoms with Crippen LogP contribution in [0.3, 0.4) is 0 Å². The van der Waals surface area contributed by atoms with Crippen molar-refractivity contribution in [3.8, 4) is 152 Å². The van der Waals surface area contributed by atoms with E-state index < -0.39 is 0 Å². The predicted molar refractivity (Wildman–Crippen MR) is 469 cm³/mol. The van der Waals surface area contributed by atoms with Gasteiger partial charge in [-0.15, -0.1) is 167 Å². The number of aromatic hydroxyl groups is 1. The summed E-state index contributed by atoms with van der Waals surface area (Å²) in [6, 6.07) is 138. The van der Waals surface area contributed by atoms with Crippen LogP contribution in [0.25, 0.3) is 123 Å². The van der Waals surface area contributed by atoms with Crippen LogP contribution in [0, 0.1) is 36.4 Å². The third kappa shape index (κ3) is 22.1. The minimum Gasteiger partial charge on any atom is -0.506 e. The van der Waals surface area contributed by atoms with Gasteiger partial charge in [-0.25, -0.2) is 15.0 Å². The standard InChI is InChI=1S/C40H27N3.C23H14N2O.C21H12N3O2.C20H13N2OS.4Pt/c1-4-14-30(15-5-1)32-24-34(39-20-10-12-22-41-39)28-37(26-32)43(36-18-8-3-9-19-36)38-27-33(31-16-6-2-7-17-31)25-35(29-38)40-21-11-13-23-42-40;26-23(19-9-5-7-17(15-19)21-11-1-3-13-24-21)20-10-6-8-18(16-20)22-12-2-4-14-25-22;1-5-14-13-15(6-1)25-19-10-3-8-17(23-19)18-9-4-12-21(24-18)26-20-11-2-7-16(14)22-20;23-19-12-13-24-20(19)18-11-5-10-17(22-18)16-9-4-8-15(21-16)14-6-2-1-3-7-14;;;;/h1-27H;1-14H;1-12H;1-6,8-13,23H;;;;/q2*-2;2*-1;;;2*+2. The molecule has 0 aliphatic carbocycles. The van der Waals surface area contributed by atoms with Gasteiger partial charge in [-0.05, 0) is 130 Å². The molecule has 0 saturated carbocycles. The molecule has 10 aromatic heterocycles. The first-order chi connectivity index (χ1) is 58.8. The maximum absolute atomic E-state index is 12.9. The minimum absolute atomic E-state index is 0. The van der Waals surface area contributed by atoms with E-state index in [0.29, 0.717) is 45.9 Å². The van der Waals surface area contributed by atoms with E-state index in [4.69, 9.17) is 14.5 Å². The Hall–Kier alpha value is -13.3. The van der Waals surface area contributed by atoms with Gasteiger partial charge in [-0.1, -0.05) is 209 Å². The van der Waals surface area contributed by atoms with Crippen molar-refractivity contribution >= 4 is 34.2 Å². The molecule has 0 amide bonds. The summed E-state index contributed by atoms with van der Waals surface area (Å²) in [7, 11) is 0. The quantitative estimate of drug-likeness (QED) is 0.0804. The van der Waals surface area contributed by atoms with E-state index >= 15 is 0 Å². The fourth-order valence-corrected chi connectivity index (χ4v) is 13.9. The molecule has 0 fully saturated rings. The van der Waals surface area contributed by atoms with Crippen LogP contribution in [-0.4, -0.2) is 55.7 Å². The Morgan fingerprint density at radius 3 is 1.15 bits per heavy atom. The van der Waals surface area contributed by atoms with Crippen molar-refractivity contribution in [1.82, 2.24) is 44.9 Å². The fourth-order valence-electron chi connectivity index (χ4n) is 13.1. The van der Waals surface area contributed by atoms with Gasteiger partial charge in [-0.2, -0.15) is 0 Å². The number of benzene rings is 9. The zero-order chi connectivity index (χ0) is 80.3. The third-order valence-electron chi connectivity index (χ3n) is 18.8. The number of nitrogens with zero attached hydrogens (tertiary/aromatic N) is 10. The molecular weight excluding hydrogens is 2270 g/mol. The Bertz CT molecular complexity index is 6180. The number of hydrogen-bond acceptors (Lipinski definition) is 15. The Labute approximate surface area is 774 Å². The molecule has 20 rings (SSSR count). The van der Waals surface area contributed by atoms with Crippen LogP contribution in [0.1, 0.15) is 15.9 Å². The zero-order valence-electron chi connectivity index (χ0n) is 64.8. The molecule has 1 N–H and O–H groups in total. The normalized spacial score (nSPS) is 10.5. The first-order valence-corrected chi connectivity index (χ1v) is 39.0. The molecule has 9 aromatic carbocycles. The third-order valence-corrected chi connectivity index (χ3v) is 19.7. The molecule has 604 valence electrons. The Morgan fingerprint density at radius 2 is 0.683 bits per heavy atom. The first kappa shape index (κ1) is 87.5. The van der Waals surface area contributed by atoms with E-state index in [9.17, 15) is 9.90 Å². The molecule has 0 spiro atoms. The largest absolute Gasteiger partial charge is 2.00 e. The van der Waals surface area contributed by atoms with Crippen LogP contribution in [0.2, 0.25) is 0 Å². The van der Waals surface area contributed by atoms with Gasteiger partial charge in [0.2, 0.25) is 17.6 Å². The maximum Gasteiger partial charge on any atom is 2.00 e. The molecule has 0 atom stereocenters. The van der Waals surface area contributed by atoms with E-state index in [1.807, 2.05) is 248 Å². The van der Waals surface area contributed by atoms with Crippen LogP contribution < -0.4 is 14.4 Å². The van der Waals surface area contributed by atoms with Crippen molar-refractivity contribution in [2.45, 2.75) is 0 Å². The van der Waals surface area contributed by atoms with Gasteiger partial charge in [0.15, 0.2) is 0 Å². The Kier molecular flexibility index (Phi) is 30.4. The number of aromatic nitrogens is 9. The molecular formula is C104H66N10O4Pt4S-2. The smallest absolute Gasteiger partial charge is 0.506 e. The van der Waals surface area contributed by atoms with Crippen molar-refractivity contribution < 1.29 is 104 Å². The summed E-state index contributed by atoms with van der Waals surface area (Å²) in [5.41, 5.74) is 22.0. The second-order valence-corrected chi connectivity index (χ2v) is 27.7. The van der Waals surface area contributed by atoms with Crippen molar-refractivity contribution in [2.75, 3.05) is 4.90 Å². The first-order valence-electron chi connectivity index (χ1n) is 38.1. The van der Waals surface area contributed by atoms with Crippen LogP contribution in [-0.2, 0) is 84.3 Å². The monoisotopic (exact) mass is 2330 g/mol. The van der Waals surface area contributed by atoms with Gasteiger partial charge in [0.25, 0.3) is 0 Å². The summed E-state index contributed by atoms with van der Waals surface area (Å²) in [6.07, 6.45) is 7.09. The van der Waals surface area contributed by atoms with Crippen molar-refractivity contribution in [2.24, 2.45) is 0 Å². The predicted octanol–water partition coefficient (Wildman–Crippen LogP) is 24.8. The van der Waals surface area contributed by atoms with Gasteiger partial charge >= 0.3 is 42.1 Å². The topological polar surface area (TPSA) is 175 Å². The maximum atomic E-state index is 12.9. The molecule has 1 aliphatic heterocycles. The van der Waals surface area contributed by atoms with Crippen molar-refractivity contribution in [1.29, 1.82) is 0 Å². The molecule has 0 unspecified atom stereocenters. The van der Waals surface area contributed by atoms with E-state index in [0.717, 1.165) is 129 Å². The number of para-hydroxylation sites is 1. The van der Waals surface area contributed by atoms with Crippen LogP contribution in [0.5, 0.6) is 29.1 Å². The number of fused-ring (bicyclic) bond motifs is 10. The number of carbonyl (C=O) groups is 1. The molecule has 14 nitrogen and oxygen atoms in total. The van der Waals surface area contributed by atoms with Gasteiger partial charge in [-0.3, -0.25) is 19.9 Å². The Morgan fingerprint density at radius 1 is 0.309 bits per heavy atom. The number of hydrogen-bond donors (Lipinski definition) is 1. The number of thiophene rings is 1. The molecule has 1 aliphatic rings. The van der Waals surface area contributed by atoms with Crippen LogP contribution in [0.4, 0.5) is 17.1 Å². The van der Waals surface area contributed by atoms with E-state index in [1.54, 1.807) is 48.8 Å². The van der Waals surface area contributed by atoms with Crippen LogP contribution in [0.15, 0.2) is 394 Å². The Balaban J connectivity index is 0.000000144. The summed E-state index contributed by atoms with van der Waals surface area (Å²) >= 11 is 1.47. The van der Waals surface area contributed by atoms with E-state index in [2.05, 4.69) is 178 Å². The number of rotatable bonds is 14. The summed E-state index contributed by atoms with van der Waals surface area (Å²) in [5, 5.41) is 11.8. The second kappa shape index (κ2) is 42.7. The summed E-state index contributed by atoms with van der Waals surface area (Å²) in [6.45, 7) is 0. The average molecular weight is 2330 g/mol. The number of pyridine rings is 9. The molecule has 19 heteroatoms. The fraction of sp³-hybridized carbons (Fsp3) is 0. The number of ketones is 1. The number of anilines is 3. The molecule has 123 heavy (non-hydrogen) atoms. The minimum atomic E-state index is -0.124. The molecule has 0 saturated heterocycles. The zero-order valence-corrected chi connectivity index (χ0v) is 74.8. The second-order valence-electron chi connectivity index (χ2n) is 26.8. The van der Waals surface area contributed by atoms with Crippen molar-refractivity contribution in [3.05, 3.63) is 442 Å². The molecule has 0 radical (unpaired) electrons. The average Bonchev–Trinajstić information content (AvgIpc) is 0.849. The summed E-state index contributed by atoms with van der Waals surface area (Å²) in [4.78, 5) is 56.9. The molecule has 8 bridgehead atoms. The SMILES string of the molecule is O=C(c1[c-]c(-c2ccccn2)ccc1)c1[c-]c(-c2ccccn2)ccc1.Oc1ccsc1-c1cccc(-c2cccc(-c3[c-]cccc3)n2)n1.[Pt+2].[Pt+2].[Pt].[Pt].[c-]1c(-c2ccccn2)cc(-c2ccccc2)cc1N(c1[c-]c(-c2ccccn2)cc(-c2ccccc2)c1)c1ccccc1.[c-]1c2cccc1-c1cccc(n1)Oc1cccc(n1)-c1cccc(n1)O2.